The average molecular weight is 377 g/mol. The minimum Gasteiger partial charge on any atom is -0.452 e. The normalized spacial score (nSPS) is 13.8. The number of hydrogen-bond donors (Lipinski definition) is 0. The zero-order chi connectivity index (χ0) is 19.5. The monoisotopic (exact) mass is 377 g/mol. The smallest absolute Gasteiger partial charge is 0.340 e. The lowest BCUT2D eigenvalue weighted by Gasteiger charge is -2.18. The Morgan fingerprint density at radius 1 is 1.18 bits per heavy atom. The van der Waals surface area contributed by atoms with Crippen LogP contribution in [0.25, 0.3) is 11.5 Å². The van der Waals surface area contributed by atoms with Gasteiger partial charge < -0.3 is 14.1 Å². The number of aryl methyl sites for hydroxylation is 1. The molecule has 1 aromatic heterocycles. The lowest BCUT2D eigenvalue weighted by molar-refractivity contribution is -0.117. The molecule has 28 heavy (non-hydrogen) atoms. The highest BCUT2D eigenvalue weighted by Gasteiger charge is 2.26. The molecule has 1 aliphatic rings. The summed E-state index contributed by atoms with van der Waals surface area (Å²) >= 11 is 0. The van der Waals surface area contributed by atoms with Crippen molar-refractivity contribution in [1.29, 1.82) is 0 Å². The third-order valence-electron chi connectivity index (χ3n) is 4.55. The van der Waals surface area contributed by atoms with Crippen molar-refractivity contribution in [2.24, 2.45) is 0 Å². The van der Waals surface area contributed by atoms with E-state index in [1.54, 1.807) is 29.2 Å². The minimum absolute atomic E-state index is 0.0138. The number of aromatic nitrogens is 2. The fourth-order valence-corrected chi connectivity index (χ4v) is 3.20. The van der Waals surface area contributed by atoms with Crippen molar-refractivity contribution in [2.75, 3.05) is 11.4 Å². The van der Waals surface area contributed by atoms with Gasteiger partial charge in [-0.25, -0.2) is 4.79 Å². The Morgan fingerprint density at radius 2 is 2.04 bits per heavy atom. The molecular weight excluding hydrogens is 358 g/mol. The number of para-hydroxylation sites is 1. The zero-order valence-corrected chi connectivity index (χ0v) is 15.4. The van der Waals surface area contributed by atoms with Crippen LogP contribution in [0.4, 0.5) is 5.69 Å². The van der Waals surface area contributed by atoms with Crippen LogP contribution in [-0.4, -0.2) is 28.6 Å². The second-order valence-corrected chi connectivity index (χ2v) is 6.61. The van der Waals surface area contributed by atoms with E-state index in [-0.39, 0.29) is 18.4 Å². The Balaban J connectivity index is 1.46. The SMILES string of the molecule is Cc1cccc(-c2nnc(COC(=O)c3ccccc3N3CCCC3=O)o2)c1. The molecule has 0 spiro atoms. The summed E-state index contributed by atoms with van der Waals surface area (Å²) in [6.07, 6.45) is 1.28. The van der Waals surface area contributed by atoms with E-state index in [4.69, 9.17) is 9.15 Å². The molecule has 0 unspecified atom stereocenters. The molecule has 1 aliphatic heterocycles. The number of benzene rings is 2. The maximum absolute atomic E-state index is 12.6. The zero-order valence-electron chi connectivity index (χ0n) is 15.4. The lowest BCUT2D eigenvalue weighted by Crippen LogP contribution is -2.26. The van der Waals surface area contributed by atoms with Crippen LogP contribution in [0.5, 0.6) is 0 Å². The van der Waals surface area contributed by atoms with Gasteiger partial charge in [0.05, 0.1) is 11.3 Å². The highest BCUT2D eigenvalue weighted by atomic mass is 16.5. The molecule has 7 heteroatoms. The van der Waals surface area contributed by atoms with E-state index in [2.05, 4.69) is 10.2 Å². The van der Waals surface area contributed by atoms with E-state index in [1.807, 2.05) is 31.2 Å². The summed E-state index contributed by atoms with van der Waals surface area (Å²) in [6.45, 7) is 2.44. The molecule has 4 rings (SSSR count). The van der Waals surface area contributed by atoms with Crippen molar-refractivity contribution >= 4 is 17.6 Å². The van der Waals surface area contributed by atoms with Crippen LogP contribution in [0.15, 0.2) is 52.9 Å². The molecule has 0 bridgehead atoms. The van der Waals surface area contributed by atoms with Crippen molar-refractivity contribution in [3.05, 3.63) is 65.5 Å². The molecule has 0 radical (unpaired) electrons. The highest BCUT2D eigenvalue weighted by molar-refractivity contribution is 6.03. The maximum atomic E-state index is 12.6. The molecule has 7 nitrogen and oxygen atoms in total. The average Bonchev–Trinajstić information content (AvgIpc) is 3.35. The number of anilines is 1. The number of ether oxygens (including phenoxy) is 1. The molecule has 2 heterocycles. The van der Waals surface area contributed by atoms with Gasteiger partial charge in [-0.05, 0) is 37.6 Å². The number of carbonyl (C=O) groups excluding carboxylic acids is 2. The molecule has 0 atom stereocenters. The Labute approximate surface area is 161 Å². The first-order valence-electron chi connectivity index (χ1n) is 9.08. The van der Waals surface area contributed by atoms with E-state index >= 15 is 0 Å². The van der Waals surface area contributed by atoms with E-state index in [0.29, 0.717) is 30.1 Å². The van der Waals surface area contributed by atoms with Gasteiger partial charge in [-0.15, -0.1) is 10.2 Å². The van der Waals surface area contributed by atoms with E-state index in [0.717, 1.165) is 17.5 Å². The van der Waals surface area contributed by atoms with Crippen LogP contribution in [0.2, 0.25) is 0 Å². The third-order valence-corrected chi connectivity index (χ3v) is 4.55. The molecule has 0 saturated carbocycles. The number of rotatable bonds is 5. The largest absolute Gasteiger partial charge is 0.452 e. The number of hydrogen-bond acceptors (Lipinski definition) is 6. The van der Waals surface area contributed by atoms with Gasteiger partial charge in [0.15, 0.2) is 6.61 Å². The van der Waals surface area contributed by atoms with Gasteiger partial charge in [-0.3, -0.25) is 4.79 Å². The van der Waals surface area contributed by atoms with Gasteiger partial charge >= 0.3 is 5.97 Å². The predicted octanol–water partition coefficient (Wildman–Crippen LogP) is 3.53. The summed E-state index contributed by atoms with van der Waals surface area (Å²) in [7, 11) is 0. The van der Waals surface area contributed by atoms with Crippen LogP contribution < -0.4 is 4.90 Å². The van der Waals surface area contributed by atoms with Gasteiger partial charge in [0.2, 0.25) is 11.8 Å². The van der Waals surface area contributed by atoms with Crippen LogP contribution >= 0.6 is 0 Å². The second kappa shape index (κ2) is 7.64. The highest BCUT2D eigenvalue weighted by Crippen LogP contribution is 2.26. The summed E-state index contributed by atoms with van der Waals surface area (Å²) < 4.78 is 10.9. The van der Waals surface area contributed by atoms with Crippen LogP contribution in [0, 0.1) is 6.92 Å². The van der Waals surface area contributed by atoms with E-state index in [1.165, 1.54) is 0 Å². The van der Waals surface area contributed by atoms with Crippen molar-refractivity contribution in [3.63, 3.8) is 0 Å². The third kappa shape index (κ3) is 3.64. The molecule has 3 aromatic rings. The van der Waals surface area contributed by atoms with Crippen LogP contribution in [0.3, 0.4) is 0 Å². The summed E-state index contributed by atoms with van der Waals surface area (Å²) in [4.78, 5) is 26.2. The molecule has 1 fully saturated rings. The summed E-state index contributed by atoms with van der Waals surface area (Å²) in [5.74, 6) is 0.0583. The fourth-order valence-electron chi connectivity index (χ4n) is 3.20. The first kappa shape index (κ1) is 17.9. The van der Waals surface area contributed by atoms with Crippen LogP contribution in [-0.2, 0) is 16.1 Å². The fraction of sp³-hybridized carbons (Fsp3) is 0.238. The Morgan fingerprint density at radius 3 is 2.82 bits per heavy atom. The topological polar surface area (TPSA) is 85.5 Å². The molecule has 0 aliphatic carbocycles. The number of nitrogens with zero attached hydrogens (tertiary/aromatic N) is 3. The molecule has 2 aromatic carbocycles. The maximum Gasteiger partial charge on any atom is 0.340 e. The van der Waals surface area contributed by atoms with Gasteiger partial charge in [0.25, 0.3) is 5.89 Å². The molecular formula is C21H19N3O4. The van der Waals surface area contributed by atoms with Crippen molar-refractivity contribution < 1.29 is 18.7 Å². The molecule has 142 valence electrons. The summed E-state index contributed by atoms with van der Waals surface area (Å²) in [6, 6.07) is 14.6. The molecule has 1 amide bonds. The van der Waals surface area contributed by atoms with Gasteiger partial charge in [-0.2, -0.15) is 0 Å². The van der Waals surface area contributed by atoms with Gasteiger partial charge in [0.1, 0.15) is 0 Å². The Kier molecular flexibility index (Phi) is 4.89. The van der Waals surface area contributed by atoms with Crippen molar-refractivity contribution in [1.82, 2.24) is 10.2 Å². The van der Waals surface area contributed by atoms with E-state index < -0.39 is 5.97 Å². The van der Waals surface area contributed by atoms with Gasteiger partial charge in [0, 0.05) is 18.5 Å². The molecule has 0 N–H and O–H groups in total. The van der Waals surface area contributed by atoms with Crippen molar-refractivity contribution in [2.45, 2.75) is 26.4 Å². The number of esters is 1. The number of amides is 1. The standard InChI is InChI=1S/C21H19N3O4/c1-14-6-4-7-15(12-14)20-23-22-18(28-20)13-27-21(26)16-8-2-3-9-17(16)24-11-5-10-19(24)25/h2-4,6-9,12H,5,10-11,13H2,1H3. The Bertz CT molecular complexity index is 1030. The first-order chi connectivity index (χ1) is 13.6. The Hall–Kier alpha value is -3.48. The van der Waals surface area contributed by atoms with E-state index in [9.17, 15) is 9.59 Å². The molecule has 1 saturated heterocycles. The second-order valence-electron chi connectivity index (χ2n) is 6.61. The van der Waals surface area contributed by atoms with Crippen LogP contribution in [0.1, 0.15) is 34.7 Å². The van der Waals surface area contributed by atoms with Gasteiger partial charge in [-0.1, -0.05) is 29.8 Å². The minimum atomic E-state index is -0.536. The van der Waals surface area contributed by atoms with Crippen molar-refractivity contribution in [3.8, 4) is 11.5 Å². The summed E-state index contributed by atoms with van der Waals surface area (Å²) in [5.41, 5.74) is 2.80. The predicted molar refractivity (Wildman–Crippen MR) is 102 cm³/mol. The lowest BCUT2D eigenvalue weighted by atomic mass is 10.1. The number of carbonyl (C=O) groups is 2. The first-order valence-corrected chi connectivity index (χ1v) is 9.08. The summed E-state index contributed by atoms with van der Waals surface area (Å²) in [5, 5.41) is 7.95. The quantitative estimate of drug-likeness (QED) is 0.632.